The van der Waals surface area contributed by atoms with Crippen LogP contribution in [0.3, 0.4) is 0 Å². The summed E-state index contributed by atoms with van der Waals surface area (Å²) < 4.78 is 5.01. The van der Waals surface area contributed by atoms with E-state index < -0.39 is 0 Å². The van der Waals surface area contributed by atoms with E-state index in [1.165, 1.54) is 0 Å². The molecule has 2 atom stereocenters. The van der Waals surface area contributed by atoms with Gasteiger partial charge >= 0.3 is 0 Å². The van der Waals surface area contributed by atoms with E-state index in [0.29, 0.717) is 11.8 Å². The third kappa shape index (κ3) is 3.68. The molecule has 1 fully saturated rings. The van der Waals surface area contributed by atoms with Crippen molar-refractivity contribution in [3.63, 3.8) is 0 Å². The smallest absolute Gasteiger partial charge is 0.212 e. The average Bonchev–Trinajstić information content (AvgIpc) is 2.76. The zero-order valence-corrected chi connectivity index (χ0v) is 10.2. The summed E-state index contributed by atoms with van der Waals surface area (Å²) in [6.45, 7) is 1.80. The van der Waals surface area contributed by atoms with E-state index in [-0.39, 0.29) is 6.10 Å². The fourth-order valence-electron chi connectivity index (χ4n) is 2.29. The maximum absolute atomic E-state index is 9.42. The van der Waals surface area contributed by atoms with Gasteiger partial charge in [-0.15, -0.1) is 0 Å². The Kier molecular flexibility index (Phi) is 4.34. The Morgan fingerprint density at radius 1 is 1.47 bits per heavy atom. The Balaban J connectivity index is 1.70. The number of ether oxygens (including phenoxy) is 1. The van der Waals surface area contributed by atoms with Crippen LogP contribution in [0.2, 0.25) is 0 Å². The maximum atomic E-state index is 9.42. The van der Waals surface area contributed by atoms with Crippen molar-refractivity contribution in [2.75, 3.05) is 13.7 Å². The lowest BCUT2D eigenvalue weighted by Gasteiger charge is -2.10. The van der Waals surface area contributed by atoms with Crippen molar-refractivity contribution in [2.24, 2.45) is 5.92 Å². The molecule has 4 heteroatoms. The van der Waals surface area contributed by atoms with Crippen LogP contribution < -0.4 is 10.1 Å². The van der Waals surface area contributed by atoms with Crippen molar-refractivity contribution in [1.82, 2.24) is 10.3 Å². The quantitative estimate of drug-likeness (QED) is 0.810. The van der Waals surface area contributed by atoms with Gasteiger partial charge in [-0.1, -0.05) is 6.07 Å². The Hall–Kier alpha value is -1.13. The summed E-state index contributed by atoms with van der Waals surface area (Å²) >= 11 is 0. The highest BCUT2D eigenvalue weighted by Crippen LogP contribution is 2.24. The van der Waals surface area contributed by atoms with Crippen molar-refractivity contribution in [1.29, 1.82) is 0 Å². The molecular formula is C13H20N2O2. The molecule has 1 aliphatic carbocycles. The van der Waals surface area contributed by atoms with Crippen LogP contribution in [0.5, 0.6) is 5.88 Å². The monoisotopic (exact) mass is 236 g/mol. The number of hydrogen-bond donors (Lipinski definition) is 2. The van der Waals surface area contributed by atoms with Crippen LogP contribution in [0.25, 0.3) is 0 Å². The summed E-state index contributed by atoms with van der Waals surface area (Å²) in [7, 11) is 1.62. The second-order valence-corrected chi connectivity index (χ2v) is 4.67. The van der Waals surface area contributed by atoms with E-state index >= 15 is 0 Å². The van der Waals surface area contributed by atoms with Gasteiger partial charge in [-0.3, -0.25) is 0 Å². The maximum Gasteiger partial charge on any atom is 0.212 e. The van der Waals surface area contributed by atoms with E-state index in [1.54, 1.807) is 7.11 Å². The van der Waals surface area contributed by atoms with E-state index in [0.717, 1.165) is 37.9 Å². The first-order valence-electron chi connectivity index (χ1n) is 6.15. The fourth-order valence-corrected chi connectivity index (χ4v) is 2.29. The first kappa shape index (κ1) is 12.3. The summed E-state index contributed by atoms with van der Waals surface area (Å²) in [5.74, 6) is 1.27. The van der Waals surface area contributed by atoms with Crippen LogP contribution in [-0.2, 0) is 6.54 Å². The average molecular weight is 236 g/mol. The van der Waals surface area contributed by atoms with Crippen molar-refractivity contribution < 1.29 is 9.84 Å². The lowest BCUT2D eigenvalue weighted by atomic mass is 10.1. The summed E-state index contributed by atoms with van der Waals surface area (Å²) in [5, 5.41) is 12.8. The van der Waals surface area contributed by atoms with Gasteiger partial charge in [0.1, 0.15) is 0 Å². The van der Waals surface area contributed by atoms with Gasteiger partial charge in [0.25, 0.3) is 0 Å². The molecule has 0 spiro atoms. The number of aromatic nitrogens is 1. The number of nitrogens with zero attached hydrogens (tertiary/aromatic N) is 1. The predicted octanol–water partition coefficient (Wildman–Crippen LogP) is 1.34. The molecule has 0 aromatic carbocycles. The van der Waals surface area contributed by atoms with Crippen LogP contribution in [0, 0.1) is 5.92 Å². The Morgan fingerprint density at radius 3 is 2.94 bits per heavy atom. The van der Waals surface area contributed by atoms with Crippen LogP contribution in [0.4, 0.5) is 0 Å². The molecule has 1 aromatic heterocycles. The molecule has 1 aliphatic rings. The van der Waals surface area contributed by atoms with Gasteiger partial charge in [-0.25, -0.2) is 4.98 Å². The van der Waals surface area contributed by atoms with Crippen LogP contribution >= 0.6 is 0 Å². The van der Waals surface area contributed by atoms with Gasteiger partial charge in [0.2, 0.25) is 5.88 Å². The second kappa shape index (κ2) is 5.98. The van der Waals surface area contributed by atoms with E-state index in [2.05, 4.69) is 10.3 Å². The van der Waals surface area contributed by atoms with Crippen molar-refractivity contribution in [3.05, 3.63) is 23.9 Å². The van der Waals surface area contributed by atoms with Gasteiger partial charge in [-0.05, 0) is 37.3 Å². The molecule has 0 aliphatic heterocycles. The Morgan fingerprint density at radius 2 is 2.35 bits per heavy atom. The molecule has 94 valence electrons. The number of pyridine rings is 1. The minimum atomic E-state index is -0.0792. The van der Waals surface area contributed by atoms with E-state index in [1.807, 2.05) is 18.3 Å². The van der Waals surface area contributed by atoms with E-state index in [4.69, 9.17) is 4.74 Å². The molecule has 1 aromatic rings. The normalized spacial score (nSPS) is 23.9. The fraction of sp³-hybridized carbons (Fsp3) is 0.615. The number of aliphatic hydroxyl groups excluding tert-OH is 1. The van der Waals surface area contributed by atoms with Gasteiger partial charge < -0.3 is 15.2 Å². The van der Waals surface area contributed by atoms with Crippen LogP contribution in [-0.4, -0.2) is 29.8 Å². The molecule has 17 heavy (non-hydrogen) atoms. The molecule has 1 heterocycles. The number of aliphatic hydroxyl groups is 1. The van der Waals surface area contributed by atoms with Crippen LogP contribution in [0.15, 0.2) is 18.3 Å². The molecule has 0 bridgehead atoms. The summed E-state index contributed by atoms with van der Waals surface area (Å²) in [4.78, 5) is 4.16. The number of methoxy groups -OCH3 is 1. The molecule has 0 amide bonds. The second-order valence-electron chi connectivity index (χ2n) is 4.67. The highest BCUT2D eigenvalue weighted by molar-refractivity contribution is 5.17. The highest BCUT2D eigenvalue weighted by atomic mass is 16.5. The molecule has 2 unspecified atom stereocenters. The minimum Gasteiger partial charge on any atom is -0.481 e. The molecule has 0 saturated heterocycles. The SMILES string of the molecule is COc1ccc(CNCC2CCC(O)C2)cn1. The Bertz CT molecular complexity index is 340. The zero-order chi connectivity index (χ0) is 12.1. The molecule has 0 radical (unpaired) electrons. The molecule has 2 N–H and O–H groups in total. The summed E-state index contributed by atoms with van der Waals surface area (Å²) in [6, 6.07) is 3.89. The number of nitrogens with one attached hydrogen (secondary N) is 1. The minimum absolute atomic E-state index is 0.0792. The highest BCUT2D eigenvalue weighted by Gasteiger charge is 2.21. The first-order chi connectivity index (χ1) is 8.28. The van der Waals surface area contributed by atoms with Crippen molar-refractivity contribution >= 4 is 0 Å². The van der Waals surface area contributed by atoms with Gasteiger partial charge in [0, 0.05) is 18.8 Å². The summed E-state index contributed by atoms with van der Waals surface area (Å²) in [6.07, 6.45) is 4.78. The molecule has 2 rings (SSSR count). The van der Waals surface area contributed by atoms with Crippen molar-refractivity contribution in [3.8, 4) is 5.88 Å². The lowest BCUT2D eigenvalue weighted by molar-refractivity contribution is 0.177. The topological polar surface area (TPSA) is 54.4 Å². The molecular weight excluding hydrogens is 216 g/mol. The first-order valence-corrected chi connectivity index (χ1v) is 6.15. The third-order valence-corrected chi connectivity index (χ3v) is 3.28. The largest absolute Gasteiger partial charge is 0.481 e. The standard InChI is InChI=1S/C13H20N2O2/c1-17-13-5-3-11(9-15-13)8-14-7-10-2-4-12(16)6-10/h3,5,9-10,12,14,16H,2,4,6-8H2,1H3. The summed E-state index contributed by atoms with van der Waals surface area (Å²) in [5.41, 5.74) is 1.16. The number of hydrogen-bond acceptors (Lipinski definition) is 4. The third-order valence-electron chi connectivity index (χ3n) is 3.28. The molecule has 4 nitrogen and oxygen atoms in total. The van der Waals surface area contributed by atoms with Crippen LogP contribution in [0.1, 0.15) is 24.8 Å². The lowest BCUT2D eigenvalue weighted by Crippen LogP contribution is -2.21. The van der Waals surface area contributed by atoms with Crippen molar-refractivity contribution in [2.45, 2.75) is 31.9 Å². The zero-order valence-electron chi connectivity index (χ0n) is 10.2. The Labute approximate surface area is 102 Å². The van der Waals surface area contributed by atoms with Gasteiger partial charge in [0.15, 0.2) is 0 Å². The van der Waals surface area contributed by atoms with E-state index in [9.17, 15) is 5.11 Å². The predicted molar refractivity (Wildman–Crippen MR) is 65.8 cm³/mol. The van der Waals surface area contributed by atoms with Gasteiger partial charge in [0.05, 0.1) is 13.2 Å². The molecule has 1 saturated carbocycles. The van der Waals surface area contributed by atoms with Gasteiger partial charge in [-0.2, -0.15) is 0 Å². The number of rotatable bonds is 5.